The van der Waals surface area contributed by atoms with E-state index < -0.39 is 118 Å². The van der Waals surface area contributed by atoms with Crippen LogP contribution in [0.15, 0.2) is 80.8 Å². The Morgan fingerprint density at radius 2 is 1.73 bits per heavy atom. The fourth-order valence-corrected chi connectivity index (χ4v) is 13.0. The van der Waals surface area contributed by atoms with Crippen LogP contribution in [-0.2, 0) is 36.6 Å². The fraction of sp³-hybridized carbons (Fsp3) is 0.446. The maximum absolute atomic E-state index is 15.8. The third kappa shape index (κ3) is 7.19. The number of hydrogen-bond donors (Lipinski definition) is 14. The van der Waals surface area contributed by atoms with Gasteiger partial charge in [-0.25, -0.2) is 9.59 Å². The number of aromatic hydroxyl groups is 3. The molecular weight excluding hydrogens is 1020 g/mol. The van der Waals surface area contributed by atoms with Crippen molar-refractivity contribution in [2.45, 2.75) is 130 Å². The Kier molecular flexibility index (Phi) is 12.0. The summed E-state index contributed by atoms with van der Waals surface area (Å²) in [5, 5.41) is 135. The highest BCUT2D eigenvalue weighted by Gasteiger charge is 2.80. The second-order valence-electron chi connectivity index (χ2n) is 21.4. The zero-order valence-electron chi connectivity index (χ0n) is 41.6. The van der Waals surface area contributed by atoms with E-state index in [-0.39, 0.29) is 82.5 Å². The maximum atomic E-state index is 15.8. The molecule has 14 N–H and O–H groups in total. The number of aliphatic carboxylic acids is 1. The Balaban J connectivity index is 1.16. The topological polar surface area (TPSA) is 364 Å². The maximum Gasteiger partial charge on any atom is 0.351 e. The summed E-state index contributed by atoms with van der Waals surface area (Å²) in [4.78, 5) is 46.6. The van der Waals surface area contributed by atoms with Crippen molar-refractivity contribution < 1.29 is 89.1 Å². The molecule has 3 saturated heterocycles. The van der Waals surface area contributed by atoms with Gasteiger partial charge in [-0.1, -0.05) is 55.6 Å². The first-order chi connectivity index (χ1) is 37.2. The van der Waals surface area contributed by atoms with Crippen LogP contribution in [0.1, 0.15) is 73.8 Å². The van der Waals surface area contributed by atoms with Gasteiger partial charge in [-0.2, -0.15) is 0 Å². The largest absolute Gasteiger partial charge is 0.507 e. The van der Waals surface area contributed by atoms with Crippen LogP contribution < -0.4 is 20.8 Å². The molecule has 4 aromatic rings. The summed E-state index contributed by atoms with van der Waals surface area (Å²) < 4.78 is 32.1. The van der Waals surface area contributed by atoms with Crippen molar-refractivity contribution >= 4 is 22.9 Å². The van der Waals surface area contributed by atoms with Crippen LogP contribution in [0.2, 0.25) is 0 Å². The predicted octanol–water partition coefficient (Wildman–Crippen LogP) is 0.510. The number of aromatic nitrogens is 1. The van der Waals surface area contributed by atoms with Crippen molar-refractivity contribution in [3.8, 4) is 58.0 Å². The van der Waals surface area contributed by atoms with Crippen LogP contribution in [0.25, 0.3) is 22.3 Å². The molecule has 9 aliphatic rings. The lowest BCUT2D eigenvalue weighted by Gasteiger charge is -2.62. The number of H-pyrrole nitrogens is 1. The van der Waals surface area contributed by atoms with E-state index in [1.165, 1.54) is 12.1 Å². The molecule has 9 heterocycles. The number of aromatic amines is 1. The lowest BCUT2D eigenvalue weighted by molar-refractivity contribution is -0.394. The number of aliphatic hydroxyl groups excluding tert-OH is 6. The van der Waals surface area contributed by atoms with E-state index in [2.05, 4.69) is 46.2 Å². The Morgan fingerprint density at radius 3 is 2.49 bits per heavy atom. The van der Waals surface area contributed by atoms with Gasteiger partial charge in [0, 0.05) is 77.0 Å². The zero-order chi connectivity index (χ0) is 55.0. The molecule has 0 radical (unpaired) electrons. The van der Waals surface area contributed by atoms with Crippen molar-refractivity contribution in [2.24, 2.45) is 11.3 Å². The number of esters is 1. The quantitative estimate of drug-likeness (QED) is 0.0560. The number of benzene rings is 2. The normalized spacial score (nSPS) is 35.3. The molecule has 13 unspecified atom stereocenters. The number of ether oxygens (including phenoxy) is 4. The van der Waals surface area contributed by atoms with Crippen LogP contribution in [-0.4, -0.2) is 152 Å². The lowest BCUT2D eigenvalue weighted by Crippen LogP contribution is -2.83. The van der Waals surface area contributed by atoms with Gasteiger partial charge >= 0.3 is 11.9 Å². The second-order valence-corrected chi connectivity index (χ2v) is 21.4. The first-order valence-corrected chi connectivity index (χ1v) is 25.7. The zero-order valence-corrected chi connectivity index (χ0v) is 41.6. The molecule has 4 fully saturated rings. The molecule has 78 heavy (non-hydrogen) atoms. The van der Waals surface area contributed by atoms with E-state index in [4.69, 9.17) is 23.4 Å². The van der Waals surface area contributed by atoms with Crippen LogP contribution in [0.4, 0.5) is 0 Å². The first kappa shape index (κ1) is 51.6. The number of carboxylic acid groups (broad SMARTS) is 1. The van der Waals surface area contributed by atoms with Crippen LogP contribution in [0.3, 0.4) is 0 Å². The molecule has 2 aromatic heterocycles. The summed E-state index contributed by atoms with van der Waals surface area (Å²) in [6.45, 7) is 2.34. The Bertz CT molecular complexity index is 3520. The highest BCUT2D eigenvalue weighted by molar-refractivity contribution is 5.90. The molecule has 13 atom stereocenters. The third-order valence-electron chi connectivity index (χ3n) is 17.2. The summed E-state index contributed by atoms with van der Waals surface area (Å²) in [6.07, 6.45) is -8.14. The fourth-order valence-electron chi connectivity index (χ4n) is 13.0. The van der Waals surface area contributed by atoms with Gasteiger partial charge in [0.2, 0.25) is 11.9 Å². The van der Waals surface area contributed by atoms with Gasteiger partial charge in [-0.3, -0.25) is 10.1 Å². The van der Waals surface area contributed by atoms with Gasteiger partial charge in [0.05, 0.1) is 18.0 Å². The van der Waals surface area contributed by atoms with Crippen LogP contribution >= 0.6 is 0 Å². The van der Waals surface area contributed by atoms with E-state index in [1.54, 1.807) is 24.5 Å². The number of phenols is 3. The van der Waals surface area contributed by atoms with Gasteiger partial charge in [-0.15, -0.1) is 0 Å². The molecule has 1 saturated carbocycles. The minimum Gasteiger partial charge on any atom is -0.507 e. The number of dihydropyridines is 1. The second kappa shape index (κ2) is 18.2. The average Bonchev–Trinajstić information content (AvgIpc) is 2.40. The van der Waals surface area contributed by atoms with Gasteiger partial charge in [0.1, 0.15) is 52.6 Å². The van der Waals surface area contributed by atoms with E-state index in [9.17, 15) is 65.8 Å². The molecule has 13 rings (SSSR count). The van der Waals surface area contributed by atoms with Crippen molar-refractivity contribution in [1.29, 1.82) is 0 Å². The van der Waals surface area contributed by atoms with Crippen molar-refractivity contribution in [3.63, 3.8) is 0 Å². The summed E-state index contributed by atoms with van der Waals surface area (Å²) in [7, 11) is 0. The number of allylic oxidation sites excluding steroid dienone is 3. The van der Waals surface area contributed by atoms with Crippen molar-refractivity contribution in [3.05, 3.63) is 104 Å². The van der Waals surface area contributed by atoms with Gasteiger partial charge < -0.3 is 89.8 Å². The monoisotopic (exact) mass is 1070 g/mol. The number of phenolic OH excluding ortho intramolecular Hbond substituents is 3. The van der Waals surface area contributed by atoms with Crippen molar-refractivity contribution in [1.82, 2.24) is 15.6 Å². The molecule has 22 nitrogen and oxygen atoms in total. The highest BCUT2D eigenvalue weighted by Crippen LogP contribution is 2.62. The molecule has 2 aromatic carbocycles. The van der Waals surface area contributed by atoms with Crippen molar-refractivity contribution in [2.75, 3.05) is 13.2 Å². The van der Waals surface area contributed by atoms with Crippen LogP contribution in [0, 0.1) is 35.0 Å². The minimum absolute atomic E-state index is 0.0298. The summed E-state index contributed by atoms with van der Waals surface area (Å²) >= 11 is 0. The Hall–Kier alpha value is -7.19. The molecule has 2 aliphatic carbocycles. The Morgan fingerprint density at radius 1 is 0.949 bits per heavy atom. The number of nitrogens with one attached hydrogen (secondary N) is 3. The molecule has 22 heteroatoms. The standard InChI is InChI=1S/C56H55N3O19/c1-25-6-14-58-48-31(25)18-29(24-59-48)32-20-30-21-33-26(7-15-57-33)5-13-52(9-2-3-10-52)56(73)47(69)46(68)55(30,78-54(56)12-4-11-53(50(70)71)45(67)43(65)44(66)49(77-53)75-51(54)72)76-38-23-37-40(42(64)39(32)38)34(61)22-36(74-37)28-17-27(8-16-60)41(63)35(62)19-28/h7,15,17-20,22-25,32,43-49,57-60,62-69,73H,2-3,6,8-10,12,14,16,21H2,1H3,(H,70,71). The summed E-state index contributed by atoms with van der Waals surface area (Å²) in [5.41, 5.74) is -10.2. The molecule has 0 amide bonds. The molecule has 7 aliphatic heterocycles. The first-order valence-electron chi connectivity index (χ1n) is 25.7. The summed E-state index contributed by atoms with van der Waals surface area (Å²) in [5.74, 6) is 1.13. The number of carbonyl (C=O) groups is 2. The highest BCUT2D eigenvalue weighted by atomic mass is 16.8. The SMILES string of the molecule is CC1CCNC2NC=C(C3C=C4Cc5[nH]ccc5C#CC5(CCCC5)C5(O)C(O)C(O)C4(Oc4cc6oc(-c7cc(O)c(O)c(CCO)c7)cc(=O)c6c(O)c43)OC53CC#CC4(C(=O)O)OC(OC3=O)C(O)C(O)C4O)C=C12. The van der Waals surface area contributed by atoms with Gasteiger partial charge in [0.25, 0.3) is 11.4 Å². The minimum atomic E-state index is -3.17. The predicted molar refractivity (Wildman–Crippen MR) is 268 cm³/mol. The van der Waals surface area contributed by atoms with Crippen LogP contribution in [0.5, 0.6) is 23.0 Å². The molecule has 4 bridgehead atoms. The number of piperidine rings is 1. The summed E-state index contributed by atoms with van der Waals surface area (Å²) in [6, 6.07) is 6.46. The number of aliphatic hydroxyl groups is 7. The van der Waals surface area contributed by atoms with E-state index in [1.807, 2.05) is 6.08 Å². The molecule has 3 spiro atoms. The number of carbonyl (C=O) groups excluding carboxylic acids is 1. The molecule has 408 valence electrons. The molecular formula is C56H55N3O19. The number of rotatable bonds is 5. The van der Waals surface area contributed by atoms with E-state index >= 15 is 4.79 Å². The van der Waals surface area contributed by atoms with Gasteiger partial charge in [-0.05, 0) is 67.5 Å². The average molecular weight is 1070 g/mol. The number of fused-ring (bicyclic) bond motifs is 6. The van der Waals surface area contributed by atoms with E-state index in [0.717, 1.165) is 24.1 Å². The lowest BCUT2D eigenvalue weighted by atomic mass is 9.56. The number of carboxylic acids is 1. The Labute approximate surface area is 442 Å². The van der Waals surface area contributed by atoms with E-state index in [0.29, 0.717) is 36.2 Å². The van der Waals surface area contributed by atoms with Gasteiger partial charge in [0.15, 0.2) is 28.6 Å². The third-order valence-corrected chi connectivity index (χ3v) is 17.2. The number of hydrogen-bond acceptors (Lipinski definition) is 20. The smallest absolute Gasteiger partial charge is 0.351 e.